The Morgan fingerprint density at radius 3 is 2.20 bits per heavy atom. The molecule has 2 aliphatic carbocycles. The van der Waals surface area contributed by atoms with Gasteiger partial charge in [0.15, 0.2) is 0 Å². The fourth-order valence-electron chi connectivity index (χ4n) is 3.28. The van der Waals surface area contributed by atoms with Crippen LogP contribution in [0.15, 0.2) is 0 Å². The van der Waals surface area contributed by atoms with Gasteiger partial charge in [-0.05, 0) is 38.0 Å². The molecule has 0 aliphatic heterocycles. The Labute approximate surface area is 123 Å². The van der Waals surface area contributed by atoms with Crippen LogP contribution in [0.4, 0.5) is 13.2 Å². The average Bonchev–Trinajstić information content (AvgIpc) is 2.94. The number of alkyl halides is 3. The van der Waals surface area contributed by atoms with Crippen LogP contribution in [0.5, 0.6) is 0 Å². The summed E-state index contributed by atoms with van der Waals surface area (Å²) in [4.78, 5) is 11.9. The van der Waals surface area contributed by atoms with Crippen molar-refractivity contribution < 1.29 is 18.0 Å². The van der Waals surface area contributed by atoms with E-state index < -0.39 is 24.0 Å². The van der Waals surface area contributed by atoms with E-state index in [0.29, 0.717) is 25.7 Å². The lowest BCUT2D eigenvalue weighted by molar-refractivity contribution is -0.172. The molecule has 118 valence electrons. The molecule has 3 unspecified atom stereocenters. The maximum atomic E-state index is 13.1. The summed E-state index contributed by atoms with van der Waals surface area (Å²) in [6, 6.07) is -1.73. The minimum absolute atomic E-state index is 0. The van der Waals surface area contributed by atoms with Crippen LogP contribution in [0.3, 0.4) is 0 Å². The second-order valence-electron chi connectivity index (χ2n) is 5.84. The van der Waals surface area contributed by atoms with E-state index in [0.717, 1.165) is 19.3 Å². The largest absolute Gasteiger partial charge is 0.408 e. The molecule has 3 atom stereocenters. The van der Waals surface area contributed by atoms with E-state index in [1.165, 1.54) is 0 Å². The molecule has 0 spiro atoms. The first-order valence-electron chi connectivity index (χ1n) is 7.00. The predicted octanol–water partition coefficient (Wildman–Crippen LogP) is 2.77. The molecule has 0 saturated heterocycles. The number of halogens is 4. The molecule has 2 aliphatic rings. The number of carbonyl (C=O) groups excluding carboxylic acids is 1. The van der Waals surface area contributed by atoms with Crippen LogP contribution < -0.4 is 11.1 Å². The van der Waals surface area contributed by atoms with E-state index in [2.05, 4.69) is 5.32 Å². The Hall–Kier alpha value is -0.490. The van der Waals surface area contributed by atoms with Crippen LogP contribution in [-0.2, 0) is 4.79 Å². The van der Waals surface area contributed by atoms with Gasteiger partial charge in [0.1, 0.15) is 6.04 Å². The summed E-state index contributed by atoms with van der Waals surface area (Å²) in [5, 5.41) is 2.24. The minimum atomic E-state index is -4.36. The van der Waals surface area contributed by atoms with Crippen molar-refractivity contribution in [3.8, 4) is 0 Å². The van der Waals surface area contributed by atoms with Gasteiger partial charge in [0.05, 0.1) is 0 Å². The highest BCUT2D eigenvalue weighted by atomic mass is 35.5. The lowest BCUT2D eigenvalue weighted by Crippen LogP contribution is -2.51. The lowest BCUT2D eigenvalue weighted by atomic mass is 9.96. The Morgan fingerprint density at radius 1 is 1.15 bits per heavy atom. The second kappa shape index (κ2) is 6.98. The summed E-state index contributed by atoms with van der Waals surface area (Å²) in [5.74, 6) is -1.28. The van der Waals surface area contributed by atoms with Crippen molar-refractivity contribution in [1.29, 1.82) is 0 Å². The molecule has 3 N–H and O–H groups in total. The van der Waals surface area contributed by atoms with E-state index >= 15 is 0 Å². The molecule has 3 nitrogen and oxygen atoms in total. The van der Waals surface area contributed by atoms with E-state index in [1.807, 2.05) is 0 Å². The van der Waals surface area contributed by atoms with Gasteiger partial charge in [-0.1, -0.05) is 12.8 Å². The average molecular weight is 315 g/mol. The van der Waals surface area contributed by atoms with Crippen molar-refractivity contribution in [3.63, 3.8) is 0 Å². The number of nitrogens with one attached hydrogen (secondary N) is 1. The first-order valence-corrected chi connectivity index (χ1v) is 7.00. The van der Waals surface area contributed by atoms with Crippen molar-refractivity contribution in [2.45, 2.75) is 63.2 Å². The monoisotopic (exact) mass is 314 g/mol. The molecule has 0 aromatic rings. The molecule has 20 heavy (non-hydrogen) atoms. The van der Waals surface area contributed by atoms with Gasteiger partial charge >= 0.3 is 6.18 Å². The zero-order valence-corrected chi connectivity index (χ0v) is 12.1. The fourth-order valence-corrected chi connectivity index (χ4v) is 3.28. The first-order chi connectivity index (χ1) is 8.88. The summed E-state index contributed by atoms with van der Waals surface area (Å²) in [6.45, 7) is 0. The smallest absolute Gasteiger partial charge is 0.344 e. The number of hydrogen-bond donors (Lipinski definition) is 2. The van der Waals surface area contributed by atoms with Gasteiger partial charge in [0.2, 0.25) is 5.91 Å². The topological polar surface area (TPSA) is 55.1 Å². The van der Waals surface area contributed by atoms with Gasteiger partial charge in [-0.15, -0.1) is 12.4 Å². The summed E-state index contributed by atoms with van der Waals surface area (Å²) < 4.78 is 39.2. The van der Waals surface area contributed by atoms with Gasteiger partial charge in [-0.2, -0.15) is 13.2 Å². The third-order valence-electron chi connectivity index (χ3n) is 4.37. The van der Waals surface area contributed by atoms with E-state index in [4.69, 9.17) is 5.73 Å². The summed E-state index contributed by atoms with van der Waals surface area (Å²) >= 11 is 0. The Kier molecular flexibility index (Phi) is 6.13. The quantitative estimate of drug-likeness (QED) is 0.841. The number of nitrogens with two attached hydrogens (primary N) is 1. The highest BCUT2D eigenvalue weighted by Crippen LogP contribution is 2.36. The Morgan fingerprint density at radius 2 is 1.75 bits per heavy atom. The summed E-state index contributed by atoms with van der Waals surface area (Å²) in [6.07, 6.45) is 0.207. The lowest BCUT2D eigenvalue weighted by Gasteiger charge is -2.28. The van der Waals surface area contributed by atoms with Crippen molar-refractivity contribution >= 4 is 18.3 Å². The molecule has 2 saturated carbocycles. The summed E-state index contributed by atoms with van der Waals surface area (Å²) in [5.41, 5.74) is 5.70. The fraction of sp³-hybridized carbons (Fsp3) is 0.923. The highest BCUT2D eigenvalue weighted by molar-refractivity contribution is 5.85. The SMILES string of the molecule is Cl.NC1CCC(C(=O)NC(C2CCCC2)C(F)(F)F)C1. The molecule has 2 fully saturated rings. The van der Waals surface area contributed by atoms with Crippen LogP contribution >= 0.6 is 12.4 Å². The van der Waals surface area contributed by atoms with Crippen LogP contribution in [0.1, 0.15) is 44.9 Å². The third-order valence-corrected chi connectivity index (χ3v) is 4.37. The Bertz CT molecular complexity index is 332. The van der Waals surface area contributed by atoms with Crippen molar-refractivity contribution in [1.82, 2.24) is 5.32 Å². The van der Waals surface area contributed by atoms with Gasteiger partial charge < -0.3 is 11.1 Å². The van der Waals surface area contributed by atoms with Crippen molar-refractivity contribution in [3.05, 3.63) is 0 Å². The molecular formula is C13H22ClF3N2O. The van der Waals surface area contributed by atoms with E-state index in [1.54, 1.807) is 0 Å². The van der Waals surface area contributed by atoms with Crippen molar-refractivity contribution in [2.24, 2.45) is 17.6 Å². The third kappa shape index (κ3) is 4.25. The normalized spacial score (nSPS) is 29.0. The highest BCUT2D eigenvalue weighted by Gasteiger charge is 2.47. The standard InChI is InChI=1S/C13H21F3N2O.ClH/c14-13(15,16)11(8-3-1-2-4-8)18-12(19)9-5-6-10(17)7-9;/h8-11H,1-7,17H2,(H,18,19);1H. The number of carbonyl (C=O) groups is 1. The molecular weight excluding hydrogens is 293 g/mol. The molecule has 0 aromatic carbocycles. The maximum Gasteiger partial charge on any atom is 0.408 e. The zero-order chi connectivity index (χ0) is 14.0. The van der Waals surface area contributed by atoms with E-state index in [-0.39, 0.29) is 24.4 Å². The van der Waals surface area contributed by atoms with Crippen LogP contribution in [0.25, 0.3) is 0 Å². The molecule has 1 amide bonds. The van der Waals surface area contributed by atoms with Crippen molar-refractivity contribution in [2.75, 3.05) is 0 Å². The zero-order valence-electron chi connectivity index (χ0n) is 11.3. The first kappa shape index (κ1) is 17.6. The second-order valence-corrected chi connectivity index (χ2v) is 5.84. The molecule has 2 rings (SSSR count). The minimum Gasteiger partial charge on any atom is -0.344 e. The molecule has 0 heterocycles. The van der Waals surface area contributed by atoms with Crippen LogP contribution in [-0.4, -0.2) is 24.2 Å². The van der Waals surface area contributed by atoms with Gasteiger partial charge in [0, 0.05) is 12.0 Å². The molecule has 7 heteroatoms. The summed E-state index contributed by atoms with van der Waals surface area (Å²) in [7, 11) is 0. The predicted molar refractivity (Wildman–Crippen MR) is 72.5 cm³/mol. The maximum absolute atomic E-state index is 13.1. The number of hydrogen-bond acceptors (Lipinski definition) is 2. The van der Waals surface area contributed by atoms with E-state index in [9.17, 15) is 18.0 Å². The molecule has 0 bridgehead atoms. The molecule has 0 radical (unpaired) electrons. The van der Waals surface area contributed by atoms with Crippen LogP contribution in [0, 0.1) is 11.8 Å². The molecule has 0 aromatic heterocycles. The Balaban J connectivity index is 0.00000200. The van der Waals surface area contributed by atoms with Gasteiger partial charge in [-0.25, -0.2) is 0 Å². The number of rotatable bonds is 3. The van der Waals surface area contributed by atoms with Gasteiger partial charge in [-0.3, -0.25) is 4.79 Å². The van der Waals surface area contributed by atoms with Crippen LogP contribution in [0.2, 0.25) is 0 Å². The number of amides is 1. The van der Waals surface area contributed by atoms with Gasteiger partial charge in [0.25, 0.3) is 0 Å².